The SMILES string of the molecule is CCC1CCN(S(=O)(=O)c2cc(CN)ccc2C)CC1. The number of nitrogens with two attached hydrogens (primary N) is 1. The van der Waals surface area contributed by atoms with Crippen LogP contribution in [0.3, 0.4) is 0 Å². The highest BCUT2D eigenvalue weighted by molar-refractivity contribution is 7.89. The van der Waals surface area contributed by atoms with Crippen molar-refractivity contribution in [1.29, 1.82) is 0 Å². The fourth-order valence-electron chi connectivity index (χ4n) is 2.75. The van der Waals surface area contributed by atoms with Gasteiger partial charge in [0, 0.05) is 19.6 Å². The van der Waals surface area contributed by atoms with Crippen LogP contribution in [0.25, 0.3) is 0 Å². The van der Waals surface area contributed by atoms with Crippen LogP contribution in [-0.2, 0) is 16.6 Å². The Morgan fingerprint density at radius 1 is 1.30 bits per heavy atom. The first-order chi connectivity index (χ1) is 9.48. The maximum Gasteiger partial charge on any atom is 0.243 e. The van der Waals surface area contributed by atoms with Crippen molar-refractivity contribution in [3.8, 4) is 0 Å². The first kappa shape index (κ1) is 15.5. The van der Waals surface area contributed by atoms with Crippen LogP contribution in [0.1, 0.15) is 37.3 Å². The molecule has 1 aromatic rings. The van der Waals surface area contributed by atoms with Gasteiger partial charge in [-0.1, -0.05) is 25.5 Å². The van der Waals surface area contributed by atoms with E-state index in [4.69, 9.17) is 5.73 Å². The van der Waals surface area contributed by atoms with Crippen molar-refractivity contribution in [1.82, 2.24) is 4.31 Å². The minimum Gasteiger partial charge on any atom is -0.326 e. The van der Waals surface area contributed by atoms with Crippen molar-refractivity contribution in [3.05, 3.63) is 29.3 Å². The first-order valence-corrected chi connectivity index (χ1v) is 8.72. The molecule has 1 aliphatic rings. The third kappa shape index (κ3) is 3.05. The standard InChI is InChI=1S/C15H24N2O2S/c1-3-13-6-8-17(9-7-13)20(18,19)15-10-14(11-16)5-4-12(15)2/h4-5,10,13H,3,6-9,11,16H2,1-2H3. The van der Waals surface area contributed by atoms with Gasteiger partial charge in [0.1, 0.15) is 0 Å². The highest BCUT2D eigenvalue weighted by atomic mass is 32.2. The van der Waals surface area contributed by atoms with Crippen LogP contribution in [0, 0.1) is 12.8 Å². The third-order valence-corrected chi connectivity index (χ3v) is 6.30. The van der Waals surface area contributed by atoms with Crippen molar-refractivity contribution in [2.45, 2.75) is 44.6 Å². The molecule has 0 radical (unpaired) electrons. The average Bonchev–Trinajstić information content (AvgIpc) is 2.47. The van der Waals surface area contributed by atoms with Gasteiger partial charge in [-0.2, -0.15) is 4.31 Å². The lowest BCUT2D eigenvalue weighted by Crippen LogP contribution is -2.38. The summed E-state index contributed by atoms with van der Waals surface area (Å²) in [7, 11) is -3.38. The number of aryl methyl sites for hydroxylation is 1. The van der Waals surface area contributed by atoms with Crippen molar-refractivity contribution >= 4 is 10.0 Å². The Hall–Kier alpha value is -0.910. The molecule has 5 heteroatoms. The second-order valence-electron chi connectivity index (χ2n) is 5.56. The van der Waals surface area contributed by atoms with E-state index in [2.05, 4.69) is 6.92 Å². The van der Waals surface area contributed by atoms with Gasteiger partial charge in [0.15, 0.2) is 0 Å². The molecule has 1 aromatic carbocycles. The van der Waals surface area contributed by atoms with Gasteiger partial charge in [-0.05, 0) is 42.9 Å². The molecule has 1 heterocycles. The molecule has 1 fully saturated rings. The van der Waals surface area contributed by atoms with E-state index < -0.39 is 10.0 Å². The van der Waals surface area contributed by atoms with Crippen molar-refractivity contribution in [3.63, 3.8) is 0 Å². The zero-order valence-corrected chi connectivity index (χ0v) is 13.1. The minimum atomic E-state index is -3.38. The topological polar surface area (TPSA) is 63.4 Å². The fourth-order valence-corrected chi connectivity index (χ4v) is 4.49. The van der Waals surface area contributed by atoms with Gasteiger partial charge in [-0.25, -0.2) is 8.42 Å². The molecule has 112 valence electrons. The molecule has 0 aliphatic carbocycles. The first-order valence-electron chi connectivity index (χ1n) is 7.28. The largest absolute Gasteiger partial charge is 0.326 e. The summed E-state index contributed by atoms with van der Waals surface area (Å²) in [5.41, 5.74) is 7.27. The molecule has 1 aliphatic heterocycles. The van der Waals surface area contributed by atoms with Crippen molar-refractivity contribution in [2.75, 3.05) is 13.1 Å². The summed E-state index contributed by atoms with van der Waals surface area (Å²) >= 11 is 0. The van der Waals surface area contributed by atoms with Gasteiger partial charge in [0.2, 0.25) is 10.0 Å². The molecule has 2 rings (SSSR count). The summed E-state index contributed by atoms with van der Waals surface area (Å²) in [5, 5.41) is 0. The Labute approximate surface area is 122 Å². The van der Waals surface area contributed by atoms with Crippen LogP contribution in [0.5, 0.6) is 0 Å². The van der Waals surface area contributed by atoms with Crippen LogP contribution >= 0.6 is 0 Å². The lowest BCUT2D eigenvalue weighted by atomic mass is 9.96. The lowest BCUT2D eigenvalue weighted by molar-refractivity contribution is 0.269. The zero-order chi connectivity index (χ0) is 14.8. The summed E-state index contributed by atoms with van der Waals surface area (Å²) < 4.78 is 27.1. The molecule has 0 spiro atoms. The fraction of sp³-hybridized carbons (Fsp3) is 0.600. The van der Waals surface area contributed by atoms with Gasteiger partial charge >= 0.3 is 0 Å². The van der Waals surface area contributed by atoms with Crippen molar-refractivity contribution < 1.29 is 8.42 Å². The number of nitrogens with zero attached hydrogens (tertiary/aromatic N) is 1. The molecule has 0 atom stereocenters. The van der Waals surface area contributed by atoms with Gasteiger partial charge in [0.05, 0.1) is 4.90 Å². The number of rotatable bonds is 4. The molecule has 0 amide bonds. The van der Waals surface area contributed by atoms with Gasteiger partial charge in [-0.3, -0.25) is 0 Å². The second-order valence-corrected chi connectivity index (χ2v) is 7.47. The predicted octanol–water partition coefficient (Wildman–Crippen LogP) is 2.26. The molecule has 0 aromatic heterocycles. The van der Waals surface area contributed by atoms with E-state index in [0.29, 0.717) is 30.4 Å². The molecule has 0 bridgehead atoms. The van der Waals surface area contributed by atoms with E-state index in [0.717, 1.165) is 30.4 Å². The Kier molecular flexibility index (Phi) is 4.83. The van der Waals surface area contributed by atoms with Crippen LogP contribution in [0.2, 0.25) is 0 Å². The zero-order valence-electron chi connectivity index (χ0n) is 12.3. The lowest BCUT2D eigenvalue weighted by Gasteiger charge is -2.31. The van der Waals surface area contributed by atoms with Gasteiger partial charge in [-0.15, -0.1) is 0 Å². The van der Waals surface area contributed by atoms with E-state index in [1.54, 1.807) is 10.4 Å². The van der Waals surface area contributed by atoms with E-state index in [1.807, 2.05) is 19.1 Å². The highest BCUT2D eigenvalue weighted by Gasteiger charge is 2.29. The Bertz CT molecular complexity index is 561. The van der Waals surface area contributed by atoms with E-state index in [-0.39, 0.29) is 0 Å². The molecular formula is C15H24N2O2S. The molecule has 4 nitrogen and oxygen atoms in total. The molecular weight excluding hydrogens is 272 g/mol. The summed E-state index contributed by atoms with van der Waals surface area (Å²) in [6.07, 6.45) is 3.06. The summed E-state index contributed by atoms with van der Waals surface area (Å²) in [6.45, 7) is 5.64. The highest BCUT2D eigenvalue weighted by Crippen LogP contribution is 2.27. The quantitative estimate of drug-likeness (QED) is 0.927. The predicted molar refractivity (Wildman–Crippen MR) is 80.8 cm³/mol. The van der Waals surface area contributed by atoms with Crippen LogP contribution < -0.4 is 5.73 Å². The molecule has 0 saturated carbocycles. The average molecular weight is 296 g/mol. The Morgan fingerprint density at radius 3 is 2.50 bits per heavy atom. The van der Waals surface area contributed by atoms with Crippen LogP contribution in [-0.4, -0.2) is 25.8 Å². The Morgan fingerprint density at radius 2 is 1.95 bits per heavy atom. The molecule has 20 heavy (non-hydrogen) atoms. The summed E-state index contributed by atoms with van der Waals surface area (Å²) in [4.78, 5) is 0.412. The maximum atomic E-state index is 12.8. The van der Waals surface area contributed by atoms with Crippen molar-refractivity contribution in [2.24, 2.45) is 11.7 Å². The molecule has 2 N–H and O–H groups in total. The smallest absolute Gasteiger partial charge is 0.243 e. The van der Waals surface area contributed by atoms with Crippen LogP contribution in [0.15, 0.2) is 23.1 Å². The van der Waals surface area contributed by atoms with E-state index in [9.17, 15) is 8.42 Å². The normalized spacial score (nSPS) is 18.4. The molecule has 0 unspecified atom stereocenters. The Balaban J connectivity index is 2.27. The van der Waals surface area contributed by atoms with Crippen LogP contribution in [0.4, 0.5) is 0 Å². The van der Waals surface area contributed by atoms with Gasteiger partial charge < -0.3 is 5.73 Å². The second kappa shape index (κ2) is 6.24. The summed E-state index contributed by atoms with van der Waals surface area (Å²) in [6, 6.07) is 5.45. The number of hydrogen-bond acceptors (Lipinski definition) is 3. The molecule has 1 saturated heterocycles. The van der Waals surface area contributed by atoms with E-state index >= 15 is 0 Å². The number of hydrogen-bond donors (Lipinski definition) is 1. The number of sulfonamides is 1. The maximum absolute atomic E-state index is 12.8. The number of piperidine rings is 1. The van der Waals surface area contributed by atoms with E-state index in [1.165, 1.54) is 0 Å². The number of benzene rings is 1. The monoisotopic (exact) mass is 296 g/mol. The minimum absolute atomic E-state index is 0.362. The third-order valence-electron chi connectivity index (χ3n) is 4.26. The summed E-state index contributed by atoms with van der Waals surface area (Å²) in [5.74, 6) is 0.665. The van der Waals surface area contributed by atoms with Gasteiger partial charge in [0.25, 0.3) is 0 Å².